The van der Waals surface area contributed by atoms with Crippen LogP contribution in [0.3, 0.4) is 0 Å². The maximum atomic E-state index is 6.31. The third-order valence-electron chi connectivity index (χ3n) is 5.05. The lowest BCUT2D eigenvalue weighted by Crippen LogP contribution is -2.45. The van der Waals surface area contributed by atoms with Crippen LogP contribution in [0.15, 0.2) is 0 Å². The van der Waals surface area contributed by atoms with Gasteiger partial charge in [-0.05, 0) is 50.4 Å². The molecular formula is C16H31NO2. The molecule has 0 bridgehead atoms. The summed E-state index contributed by atoms with van der Waals surface area (Å²) in [6, 6.07) is 0. The molecule has 1 heterocycles. The van der Waals surface area contributed by atoms with Crippen LogP contribution in [0.5, 0.6) is 0 Å². The summed E-state index contributed by atoms with van der Waals surface area (Å²) in [4.78, 5) is 0. The fourth-order valence-electron chi connectivity index (χ4n) is 3.52. The largest absolute Gasteiger partial charge is 0.381 e. The number of rotatable bonds is 6. The Balaban J connectivity index is 1.75. The summed E-state index contributed by atoms with van der Waals surface area (Å²) in [7, 11) is 0. The molecule has 0 aromatic carbocycles. The van der Waals surface area contributed by atoms with Crippen LogP contribution in [0.4, 0.5) is 0 Å². The van der Waals surface area contributed by atoms with Crippen LogP contribution in [0.1, 0.15) is 58.3 Å². The Hall–Kier alpha value is -0.120. The quantitative estimate of drug-likeness (QED) is 0.806. The number of hydrogen-bond donors (Lipinski definition) is 1. The van der Waals surface area contributed by atoms with Crippen LogP contribution < -0.4 is 5.73 Å². The molecule has 0 unspecified atom stereocenters. The van der Waals surface area contributed by atoms with Crippen molar-refractivity contribution in [3.8, 4) is 0 Å². The Labute approximate surface area is 118 Å². The van der Waals surface area contributed by atoms with Crippen molar-refractivity contribution in [1.29, 1.82) is 0 Å². The molecule has 0 radical (unpaired) electrons. The summed E-state index contributed by atoms with van der Waals surface area (Å²) in [5.74, 6) is 1.60. The molecule has 1 aliphatic carbocycles. The first-order valence-corrected chi connectivity index (χ1v) is 8.20. The Morgan fingerprint density at radius 3 is 2.37 bits per heavy atom. The molecule has 3 nitrogen and oxygen atoms in total. The minimum Gasteiger partial charge on any atom is -0.381 e. The third-order valence-corrected chi connectivity index (χ3v) is 5.05. The second kappa shape index (κ2) is 7.61. The second-order valence-corrected chi connectivity index (χ2v) is 6.49. The van der Waals surface area contributed by atoms with Crippen molar-refractivity contribution in [2.75, 3.05) is 26.4 Å². The van der Waals surface area contributed by atoms with Crippen LogP contribution in [-0.4, -0.2) is 32.0 Å². The van der Waals surface area contributed by atoms with E-state index in [2.05, 4.69) is 6.92 Å². The summed E-state index contributed by atoms with van der Waals surface area (Å²) in [6.07, 6.45) is 9.93. The zero-order valence-electron chi connectivity index (χ0n) is 12.5. The van der Waals surface area contributed by atoms with Crippen molar-refractivity contribution in [3.05, 3.63) is 0 Å². The highest BCUT2D eigenvalue weighted by atomic mass is 16.5. The molecule has 1 saturated heterocycles. The normalized spacial score (nSPS) is 33.5. The molecule has 2 N–H and O–H groups in total. The molecule has 0 atom stereocenters. The SMILES string of the molecule is CCCC1CCC(CN)(OCC2CCOCC2)CC1. The number of hydrogen-bond acceptors (Lipinski definition) is 3. The predicted octanol–water partition coefficient (Wildman–Crippen LogP) is 3.12. The van der Waals surface area contributed by atoms with Gasteiger partial charge in [-0.25, -0.2) is 0 Å². The molecule has 0 aromatic heterocycles. The van der Waals surface area contributed by atoms with E-state index in [0.717, 1.165) is 51.4 Å². The third kappa shape index (κ3) is 4.44. The van der Waals surface area contributed by atoms with Crippen LogP contribution >= 0.6 is 0 Å². The highest BCUT2D eigenvalue weighted by Gasteiger charge is 2.35. The minimum atomic E-state index is -0.0114. The van der Waals surface area contributed by atoms with Gasteiger partial charge >= 0.3 is 0 Å². The van der Waals surface area contributed by atoms with Crippen LogP contribution in [0, 0.1) is 11.8 Å². The molecule has 112 valence electrons. The van der Waals surface area contributed by atoms with Crippen LogP contribution in [0.2, 0.25) is 0 Å². The Morgan fingerprint density at radius 1 is 1.11 bits per heavy atom. The molecule has 2 fully saturated rings. The van der Waals surface area contributed by atoms with Gasteiger partial charge in [0.05, 0.1) is 12.2 Å². The Kier molecular flexibility index (Phi) is 6.11. The first-order valence-electron chi connectivity index (χ1n) is 8.20. The van der Waals surface area contributed by atoms with Gasteiger partial charge in [-0.15, -0.1) is 0 Å². The van der Waals surface area contributed by atoms with Gasteiger partial charge in [0.15, 0.2) is 0 Å². The molecular weight excluding hydrogens is 238 g/mol. The molecule has 19 heavy (non-hydrogen) atoms. The van der Waals surface area contributed by atoms with Gasteiger partial charge in [0.1, 0.15) is 0 Å². The van der Waals surface area contributed by atoms with E-state index < -0.39 is 0 Å². The molecule has 0 amide bonds. The summed E-state index contributed by atoms with van der Waals surface area (Å²) in [5, 5.41) is 0. The van der Waals surface area contributed by atoms with Crippen molar-refractivity contribution in [2.24, 2.45) is 17.6 Å². The van der Waals surface area contributed by atoms with Crippen LogP contribution in [-0.2, 0) is 9.47 Å². The lowest BCUT2D eigenvalue weighted by atomic mass is 9.77. The highest BCUT2D eigenvalue weighted by Crippen LogP contribution is 2.37. The molecule has 3 heteroatoms. The van der Waals surface area contributed by atoms with Crippen LogP contribution in [0.25, 0.3) is 0 Å². The highest BCUT2D eigenvalue weighted by molar-refractivity contribution is 4.88. The van der Waals surface area contributed by atoms with Crippen molar-refractivity contribution < 1.29 is 9.47 Å². The van der Waals surface area contributed by atoms with Gasteiger partial charge in [-0.1, -0.05) is 19.8 Å². The van der Waals surface area contributed by atoms with E-state index in [1.165, 1.54) is 25.7 Å². The molecule has 2 rings (SSSR count). The summed E-state index contributed by atoms with van der Waals surface area (Å²) in [5.41, 5.74) is 6.01. The number of nitrogens with two attached hydrogens (primary N) is 1. The van der Waals surface area contributed by atoms with E-state index in [1.54, 1.807) is 0 Å². The Bertz CT molecular complexity index is 243. The van der Waals surface area contributed by atoms with E-state index in [1.807, 2.05) is 0 Å². The lowest BCUT2D eigenvalue weighted by molar-refractivity contribution is -0.0952. The molecule has 0 aromatic rings. The van der Waals surface area contributed by atoms with Gasteiger partial charge in [0.25, 0.3) is 0 Å². The zero-order valence-corrected chi connectivity index (χ0v) is 12.5. The second-order valence-electron chi connectivity index (χ2n) is 6.49. The number of ether oxygens (including phenoxy) is 2. The summed E-state index contributed by atoms with van der Waals surface area (Å²) >= 11 is 0. The van der Waals surface area contributed by atoms with Crippen molar-refractivity contribution in [3.63, 3.8) is 0 Å². The van der Waals surface area contributed by atoms with Gasteiger partial charge < -0.3 is 15.2 Å². The first-order chi connectivity index (χ1) is 9.28. The van der Waals surface area contributed by atoms with E-state index in [4.69, 9.17) is 15.2 Å². The summed E-state index contributed by atoms with van der Waals surface area (Å²) in [6.45, 7) is 5.67. The van der Waals surface area contributed by atoms with E-state index in [-0.39, 0.29) is 5.60 Å². The van der Waals surface area contributed by atoms with Gasteiger partial charge in [0.2, 0.25) is 0 Å². The smallest absolute Gasteiger partial charge is 0.0804 e. The topological polar surface area (TPSA) is 44.5 Å². The van der Waals surface area contributed by atoms with Crippen molar-refractivity contribution in [2.45, 2.75) is 63.9 Å². The standard InChI is InChI=1S/C16H31NO2/c1-2-3-14-4-8-16(13-17,9-5-14)19-12-15-6-10-18-11-7-15/h14-15H,2-13,17H2,1H3. The van der Waals surface area contributed by atoms with Gasteiger partial charge in [-0.2, -0.15) is 0 Å². The average Bonchev–Trinajstić information content (AvgIpc) is 2.48. The maximum Gasteiger partial charge on any atom is 0.0804 e. The first kappa shape index (κ1) is 15.3. The van der Waals surface area contributed by atoms with Crippen molar-refractivity contribution in [1.82, 2.24) is 0 Å². The molecule has 2 aliphatic rings. The fourth-order valence-corrected chi connectivity index (χ4v) is 3.52. The molecule has 0 spiro atoms. The molecule has 1 saturated carbocycles. The van der Waals surface area contributed by atoms with Crippen molar-refractivity contribution >= 4 is 0 Å². The summed E-state index contributed by atoms with van der Waals surface area (Å²) < 4.78 is 11.7. The Morgan fingerprint density at radius 2 is 1.79 bits per heavy atom. The lowest BCUT2D eigenvalue weighted by Gasteiger charge is -2.40. The predicted molar refractivity (Wildman–Crippen MR) is 78.1 cm³/mol. The van der Waals surface area contributed by atoms with E-state index >= 15 is 0 Å². The maximum absolute atomic E-state index is 6.31. The monoisotopic (exact) mass is 269 g/mol. The van der Waals surface area contributed by atoms with E-state index in [0.29, 0.717) is 12.5 Å². The van der Waals surface area contributed by atoms with E-state index in [9.17, 15) is 0 Å². The van der Waals surface area contributed by atoms with Gasteiger partial charge in [0, 0.05) is 19.8 Å². The zero-order chi connectivity index (χ0) is 13.6. The molecule has 1 aliphatic heterocycles. The fraction of sp³-hybridized carbons (Fsp3) is 1.00. The minimum absolute atomic E-state index is 0.0114. The average molecular weight is 269 g/mol. The van der Waals surface area contributed by atoms with Gasteiger partial charge in [-0.3, -0.25) is 0 Å².